The number of rotatable bonds is 2. The summed E-state index contributed by atoms with van der Waals surface area (Å²) in [5.41, 5.74) is 0.111. The van der Waals surface area contributed by atoms with Crippen LogP contribution in [0.15, 0.2) is 0 Å². The first-order valence-corrected chi connectivity index (χ1v) is 6.27. The van der Waals surface area contributed by atoms with E-state index in [2.05, 4.69) is 4.90 Å². The van der Waals surface area contributed by atoms with Gasteiger partial charge in [-0.15, -0.1) is 0 Å². The molecule has 3 heteroatoms. The fourth-order valence-corrected chi connectivity index (χ4v) is 3.85. The molecule has 0 aromatic carbocycles. The Hall–Kier alpha value is -0.120. The summed E-state index contributed by atoms with van der Waals surface area (Å²) in [6, 6.07) is 0. The van der Waals surface area contributed by atoms with E-state index in [1.807, 2.05) is 7.11 Å². The molecule has 0 aromatic heterocycles. The molecule has 0 radical (unpaired) electrons. The van der Waals surface area contributed by atoms with Gasteiger partial charge in [0.1, 0.15) is 5.72 Å². The molecule has 1 aliphatic heterocycles. The van der Waals surface area contributed by atoms with E-state index >= 15 is 0 Å². The van der Waals surface area contributed by atoms with Gasteiger partial charge in [0.15, 0.2) is 0 Å². The van der Waals surface area contributed by atoms with E-state index in [1.54, 1.807) is 0 Å². The van der Waals surface area contributed by atoms with Gasteiger partial charge in [-0.25, -0.2) is 0 Å². The van der Waals surface area contributed by atoms with Crippen LogP contribution in [0.4, 0.5) is 0 Å². The van der Waals surface area contributed by atoms with Crippen molar-refractivity contribution >= 4 is 0 Å². The minimum Gasteiger partial charge on any atom is -0.379 e. The normalized spacial score (nSPS) is 46.2. The van der Waals surface area contributed by atoms with Gasteiger partial charge in [0.25, 0.3) is 0 Å². The van der Waals surface area contributed by atoms with Gasteiger partial charge in [0, 0.05) is 32.0 Å². The van der Waals surface area contributed by atoms with Crippen molar-refractivity contribution in [1.29, 1.82) is 0 Å². The van der Waals surface area contributed by atoms with Crippen LogP contribution in [0.25, 0.3) is 0 Å². The Morgan fingerprint density at radius 1 is 1.13 bits per heavy atom. The molecule has 1 heterocycles. The van der Waals surface area contributed by atoms with E-state index in [9.17, 15) is 0 Å². The minimum absolute atomic E-state index is 0.111. The monoisotopic (exact) mass is 211 g/mol. The van der Waals surface area contributed by atoms with E-state index in [0.717, 1.165) is 38.1 Å². The fourth-order valence-electron chi connectivity index (χ4n) is 3.85. The topological polar surface area (TPSA) is 21.7 Å². The van der Waals surface area contributed by atoms with Crippen LogP contribution in [-0.4, -0.2) is 44.0 Å². The molecule has 2 atom stereocenters. The molecular formula is C12H21NO2. The van der Waals surface area contributed by atoms with Crippen molar-refractivity contribution in [2.75, 3.05) is 33.4 Å². The molecule has 0 bridgehead atoms. The van der Waals surface area contributed by atoms with Gasteiger partial charge in [0.05, 0.1) is 13.2 Å². The van der Waals surface area contributed by atoms with Gasteiger partial charge in [-0.1, -0.05) is 12.8 Å². The molecule has 0 amide bonds. The minimum atomic E-state index is 0.111. The number of fused-ring (bicyclic) bond motifs is 1. The zero-order chi connectivity index (χ0) is 10.3. The largest absolute Gasteiger partial charge is 0.379 e. The van der Waals surface area contributed by atoms with E-state index in [-0.39, 0.29) is 5.72 Å². The Bertz CT molecular complexity index is 226. The fraction of sp³-hybridized carbons (Fsp3) is 1.00. The zero-order valence-corrected chi connectivity index (χ0v) is 9.58. The van der Waals surface area contributed by atoms with Crippen LogP contribution in [0.1, 0.15) is 25.7 Å². The SMILES string of the molecule is COC1(N2CCOCC2)C2CCCCC21. The number of morpholine rings is 1. The molecule has 3 fully saturated rings. The number of ether oxygens (including phenoxy) is 2. The lowest BCUT2D eigenvalue weighted by Crippen LogP contribution is -2.48. The molecule has 2 aliphatic carbocycles. The third-order valence-corrected chi connectivity index (χ3v) is 4.55. The van der Waals surface area contributed by atoms with Gasteiger partial charge in [-0.05, 0) is 12.8 Å². The second kappa shape index (κ2) is 3.72. The van der Waals surface area contributed by atoms with Crippen LogP contribution in [0, 0.1) is 11.8 Å². The van der Waals surface area contributed by atoms with Crippen molar-refractivity contribution in [3.63, 3.8) is 0 Å². The van der Waals surface area contributed by atoms with E-state index in [0.29, 0.717) is 0 Å². The van der Waals surface area contributed by atoms with Crippen LogP contribution >= 0.6 is 0 Å². The Morgan fingerprint density at radius 2 is 1.73 bits per heavy atom. The Kier molecular flexibility index (Phi) is 2.49. The lowest BCUT2D eigenvalue weighted by Gasteiger charge is -2.35. The third-order valence-electron chi connectivity index (χ3n) is 4.55. The molecular weight excluding hydrogens is 190 g/mol. The molecule has 3 nitrogen and oxygen atoms in total. The summed E-state index contributed by atoms with van der Waals surface area (Å²) in [6.07, 6.45) is 5.54. The van der Waals surface area contributed by atoms with Crippen LogP contribution in [0.5, 0.6) is 0 Å². The maximum absolute atomic E-state index is 5.91. The first kappa shape index (κ1) is 10.1. The van der Waals surface area contributed by atoms with Crippen LogP contribution in [-0.2, 0) is 9.47 Å². The molecule has 3 rings (SSSR count). The average Bonchev–Trinajstić information content (AvgIpc) is 3.00. The molecule has 3 aliphatic rings. The summed E-state index contributed by atoms with van der Waals surface area (Å²) in [4.78, 5) is 2.54. The van der Waals surface area contributed by atoms with Gasteiger partial charge in [0.2, 0.25) is 0 Å². The molecule has 0 N–H and O–H groups in total. The molecule has 0 spiro atoms. The van der Waals surface area contributed by atoms with E-state index in [4.69, 9.17) is 9.47 Å². The highest BCUT2D eigenvalue weighted by Crippen LogP contribution is 2.62. The summed E-state index contributed by atoms with van der Waals surface area (Å²) in [5.74, 6) is 1.63. The van der Waals surface area contributed by atoms with E-state index < -0.39 is 0 Å². The van der Waals surface area contributed by atoms with E-state index in [1.165, 1.54) is 25.7 Å². The van der Waals surface area contributed by atoms with Gasteiger partial charge in [-0.3, -0.25) is 4.90 Å². The zero-order valence-electron chi connectivity index (χ0n) is 9.58. The standard InChI is InChI=1S/C12H21NO2/c1-14-12(13-6-8-15-9-7-13)10-4-2-3-5-11(10)12/h10-11H,2-9H2,1H3. The Labute approximate surface area is 91.7 Å². The van der Waals surface area contributed by atoms with Crippen molar-refractivity contribution in [3.05, 3.63) is 0 Å². The smallest absolute Gasteiger partial charge is 0.127 e. The number of hydrogen-bond acceptors (Lipinski definition) is 3. The second-order valence-corrected chi connectivity index (χ2v) is 5.05. The van der Waals surface area contributed by atoms with Crippen molar-refractivity contribution in [2.24, 2.45) is 11.8 Å². The predicted molar refractivity (Wildman–Crippen MR) is 57.6 cm³/mol. The highest BCUT2D eigenvalue weighted by Gasteiger charge is 2.68. The number of hydrogen-bond donors (Lipinski definition) is 0. The predicted octanol–water partition coefficient (Wildman–Crippen LogP) is 1.48. The highest BCUT2D eigenvalue weighted by atomic mass is 16.5. The first-order chi connectivity index (χ1) is 7.39. The van der Waals surface area contributed by atoms with Crippen LogP contribution in [0.2, 0.25) is 0 Å². The van der Waals surface area contributed by atoms with Crippen molar-refractivity contribution in [1.82, 2.24) is 4.90 Å². The summed E-state index contributed by atoms with van der Waals surface area (Å²) in [5, 5.41) is 0. The molecule has 86 valence electrons. The van der Waals surface area contributed by atoms with Crippen molar-refractivity contribution in [3.8, 4) is 0 Å². The third kappa shape index (κ3) is 1.37. The Morgan fingerprint density at radius 3 is 2.27 bits per heavy atom. The quantitative estimate of drug-likeness (QED) is 0.690. The van der Waals surface area contributed by atoms with Gasteiger partial charge >= 0.3 is 0 Å². The van der Waals surface area contributed by atoms with Gasteiger partial charge < -0.3 is 9.47 Å². The molecule has 2 saturated carbocycles. The summed E-state index contributed by atoms with van der Waals surface area (Å²) < 4.78 is 11.3. The molecule has 0 aromatic rings. The maximum atomic E-state index is 5.91. The summed E-state index contributed by atoms with van der Waals surface area (Å²) in [6.45, 7) is 3.87. The summed E-state index contributed by atoms with van der Waals surface area (Å²) in [7, 11) is 1.90. The highest BCUT2D eigenvalue weighted by molar-refractivity contribution is 5.14. The Balaban J connectivity index is 1.75. The summed E-state index contributed by atoms with van der Waals surface area (Å²) >= 11 is 0. The average molecular weight is 211 g/mol. The molecule has 2 unspecified atom stereocenters. The van der Waals surface area contributed by atoms with Crippen molar-refractivity contribution in [2.45, 2.75) is 31.4 Å². The maximum Gasteiger partial charge on any atom is 0.127 e. The second-order valence-electron chi connectivity index (χ2n) is 5.05. The number of methoxy groups -OCH3 is 1. The first-order valence-electron chi connectivity index (χ1n) is 6.27. The molecule has 15 heavy (non-hydrogen) atoms. The lowest BCUT2D eigenvalue weighted by molar-refractivity contribution is -0.114. The molecule has 1 saturated heterocycles. The number of nitrogens with zero attached hydrogens (tertiary/aromatic N) is 1. The lowest BCUT2D eigenvalue weighted by atomic mass is 10.0. The van der Waals surface area contributed by atoms with Gasteiger partial charge in [-0.2, -0.15) is 0 Å². The van der Waals surface area contributed by atoms with Crippen LogP contribution < -0.4 is 0 Å². The van der Waals surface area contributed by atoms with Crippen molar-refractivity contribution < 1.29 is 9.47 Å². The van der Waals surface area contributed by atoms with Crippen LogP contribution in [0.3, 0.4) is 0 Å².